The highest BCUT2D eigenvalue weighted by atomic mass is 16.5. The molecule has 1 N–H and O–H groups in total. The van der Waals surface area contributed by atoms with Crippen LogP contribution in [0.1, 0.15) is 44.8 Å². The van der Waals surface area contributed by atoms with E-state index in [9.17, 15) is 0 Å². The summed E-state index contributed by atoms with van der Waals surface area (Å²) in [4.78, 5) is 4.45. The van der Waals surface area contributed by atoms with E-state index in [1.54, 1.807) is 7.11 Å². The maximum absolute atomic E-state index is 5.52. The summed E-state index contributed by atoms with van der Waals surface area (Å²) in [7, 11) is 1.81. The third kappa shape index (κ3) is 3.07. The van der Waals surface area contributed by atoms with Gasteiger partial charge in [-0.25, -0.2) is 4.98 Å². The van der Waals surface area contributed by atoms with Gasteiger partial charge in [-0.2, -0.15) is 0 Å². The smallest absolute Gasteiger partial charge is 0.0953 e. The van der Waals surface area contributed by atoms with Crippen molar-refractivity contribution in [2.45, 2.75) is 57.8 Å². The molecule has 96 valence electrons. The van der Waals surface area contributed by atoms with Crippen molar-refractivity contribution in [3.63, 3.8) is 0 Å². The molecule has 0 aromatic carbocycles. The van der Waals surface area contributed by atoms with Crippen molar-refractivity contribution in [1.82, 2.24) is 14.9 Å². The minimum absolute atomic E-state index is 0.357. The fraction of sp³-hybridized carbons (Fsp3) is 0.769. The third-order valence-corrected chi connectivity index (χ3v) is 3.45. The summed E-state index contributed by atoms with van der Waals surface area (Å²) in [5.41, 5.74) is 1.11. The molecule has 0 amide bonds. The summed E-state index contributed by atoms with van der Waals surface area (Å²) >= 11 is 0. The monoisotopic (exact) mass is 237 g/mol. The predicted octanol–water partition coefficient (Wildman–Crippen LogP) is 2.12. The zero-order valence-corrected chi connectivity index (χ0v) is 11.0. The Morgan fingerprint density at radius 3 is 3.06 bits per heavy atom. The lowest BCUT2D eigenvalue weighted by Crippen LogP contribution is -2.22. The Kier molecular flexibility index (Phi) is 4.18. The van der Waals surface area contributed by atoms with Crippen molar-refractivity contribution in [3.8, 4) is 0 Å². The molecule has 1 fully saturated rings. The van der Waals surface area contributed by atoms with Gasteiger partial charge in [0.05, 0.1) is 24.2 Å². The van der Waals surface area contributed by atoms with E-state index in [-0.39, 0.29) is 0 Å². The van der Waals surface area contributed by atoms with Gasteiger partial charge in [-0.1, -0.05) is 13.8 Å². The minimum atomic E-state index is 0.357. The van der Waals surface area contributed by atoms with Crippen LogP contribution < -0.4 is 5.32 Å². The average Bonchev–Trinajstić information content (AvgIpc) is 2.94. The van der Waals surface area contributed by atoms with Crippen molar-refractivity contribution in [3.05, 3.63) is 18.2 Å². The topological polar surface area (TPSA) is 39.1 Å². The van der Waals surface area contributed by atoms with Crippen LogP contribution >= 0.6 is 0 Å². The van der Waals surface area contributed by atoms with Crippen molar-refractivity contribution in [1.29, 1.82) is 0 Å². The first-order valence-corrected chi connectivity index (χ1v) is 6.49. The van der Waals surface area contributed by atoms with Crippen molar-refractivity contribution in [2.75, 3.05) is 7.11 Å². The van der Waals surface area contributed by atoms with Crippen LogP contribution in [0.3, 0.4) is 0 Å². The lowest BCUT2D eigenvalue weighted by atomic mass is 10.2. The van der Waals surface area contributed by atoms with Gasteiger partial charge < -0.3 is 14.6 Å². The molecular weight excluding hydrogens is 214 g/mol. The average molecular weight is 237 g/mol. The Bertz CT molecular complexity index is 348. The van der Waals surface area contributed by atoms with Gasteiger partial charge in [0.1, 0.15) is 0 Å². The molecule has 4 nitrogen and oxygen atoms in total. The van der Waals surface area contributed by atoms with Gasteiger partial charge in [0.15, 0.2) is 0 Å². The molecule has 1 saturated carbocycles. The predicted molar refractivity (Wildman–Crippen MR) is 67.9 cm³/mol. The summed E-state index contributed by atoms with van der Waals surface area (Å²) in [5.74, 6) is 0. The first kappa shape index (κ1) is 12.6. The van der Waals surface area contributed by atoms with Crippen LogP contribution in [0.2, 0.25) is 0 Å². The summed E-state index contributed by atoms with van der Waals surface area (Å²) in [6, 6.07) is 0.971. The van der Waals surface area contributed by atoms with Crippen LogP contribution in [0, 0.1) is 0 Å². The number of imidazole rings is 1. The fourth-order valence-corrected chi connectivity index (χ4v) is 2.48. The lowest BCUT2D eigenvalue weighted by Gasteiger charge is -2.19. The molecule has 2 atom stereocenters. The second kappa shape index (κ2) is 5.65. The van der Waals surface area contributed by atoms with Crippen molar-refractivity contribution < 1.29 is 4.74 Å². The number of ether oxygens (including phenoxy) is 1. The number of hydrogen-bond acceptors (Lipinski definition) is 3. The van der Waals surface area contributed by atoms with Gasteiger partial charge in [0.2, 0.25) is 0 Å². The Hall–Kier alpha value is -0.870. The Balaban J connectivity index is 1.97. The van der Waals surface area contributed by atoms with Crippen LogP contribution in [-0.4, -0.2) is 28.8 Å². The molecule has 17 heavy (non-hydrogen) atoms. The van der Waals surface area contributed by atoms with Gasteiger partial charge in [0.25, 0.3) is 0 Å². The zero-order valence-electron chi connectivity index (χ0n) is 11.0. The quantitative estimate of drug-likeness (QED) is 0.852. The van der Waals surface area contributed by atoms with Gasteiger partial charge in [-0.05, 0) is 19.3 Å². The summed E-state index contributed by atoms with van der Waals surface area (Å²) in [6.45, 7) is 5.14. The molecule has 1 aromatic rings. The maximum Gasteiger partial charge on any atom is 0.0953 e. The van der Waals surface area contributed by atoms with Crippen LogP contribution in [0.5, 0.6) is 0 Å². The molecule has 0 spiro atoms. The molecule has 0 radical (unpaired) electrons. The molecule has 0 saturated heterocycles. The molecule has 2 rings (SSSR count). The summed E-state index contributed by atoms with van der Waals surface area (Å²) in [6.07, 6.45) is 8.07. The zero-order chi connectivity index (χ0) is 12.3. The third-order valence-electron chi connectivity index (χ3n) is 3.45. The summed E-state index contributed by atoms with van der Waals surface area (Å²) in [5, 5.41) is 3.38. The van der Waals surface area contributed by atoms with E-state index in [1.807, 2.05) is 6.33 Å². The second-order valence-electron chi connectivity index (χ2n) is 5.12. The van der Waals surface area contributed by atoms with Crippen LogP contribution in [-0.2, 0) is 11.3 Å². The normalized spacial score (nSPS) is 24.7. The van der Waals surface area contributed by atoms with E-state index in [1.165, 1.54) is 19.3 Å². The van der Waals surface area contributed by atoms with Gasteiger partial charge >= 0.3 is 0 Å². The Labute approximate surface area is 103 Å². The summed E-state index contributed by atoms with van der Waals surface area (Å²) < 4.78 is 7.74. The number of methoxy groups -OCH3 is 1. The van der Waals surface area contributed by atoms with E-state index >= 15 is 0 Å². The van der Waals surface area contributed by atoms with Crippen molar-refractivity contribution >= 4 is 0 Å². The molecule has 0 bridgehead atoms. The number of nitrogens with one attached hydrogen (secondary N) is 1. The Morgan fingerprint density at radius 2 is 2.35 bits per heavy atom. The van der Waals surface area contributed by atoms with E-state index in [0.717, 1.165) is 12.2 Å². The number of nitrogens with zero attached hydrogens (tertiary/aromatic N) is 2. The van der Waals surface area contributed by atoms with Gasteiger partial charge in [-0.3, -0.25) is 0 Å². The molecule has 0 aliphatic heterocycles. The minimum Gasteiger partial charge on any atom is -0.379 e. The first-order chi connectivity index (χ1) is 8.20. The first-order valence-electron chi connectivity index (χ1n) is 6.49. The SMILES string of the molecule is COC1CCCC1n1cnc(CNC(C)C)c1. The highest BCUT2D eigenvalue weighted by Crippen LogP contribution is 2.31. The molecule has 1 heterocycles. The van der Waals surface area contributed by atoms with Crippen LogP contribution in [0.25, 0.3) is 0 Å². The van der Waals surface area contributed by atoms with E-state index < -0.39 is 0 Å². The van der Waals surface area contributed by atoms with Crippen molar-refractivity contribution in [2.24, 2.45) is 0 Å². The highest BCUT2D eigenvalue weighted by Gasteiger charge is 2.28. The van der Waals surface area contributed by atoms with E-state index in [2.05, 4.69) is 34.9 Å². The lowest BCUT2D eigenvalue weighted by molar-refractivity contribution is 0.0749. The number of aromatic nitrogens is 2. The number of rotatable bonds is 5. The van der Waals surface area contributed by atoms with E-state index in [4.69, 9.17) is 4.74 Å². The van der Waals surface area contributed by atoms with E-state index in [0.29, 0.717) is 18.2 Å². The number of hydrogen-bond donors (Lipinski definition) is 1. The van der Waals surface area contributed by atoms with Crippen LogP contribution in [0.4, 0.5) is 0 Å². The second-order valence-corrected chi connectivity index (χ2v) is 5.12. The highest BCUT2D eigenvalue weighted by molar-refractivity contribution is 5.00. The molecular formula is C13H23N3O. The fourth-order valence-electron chi connectivity index (χ4n) is 2.48. The molecule has 1 aliphatic rings. The molecule has 1 aliphatic carbocycles. The molecule has 2 unspecified atom stereocenters. The van der Waals surface area contributed by atoms with Gasteiger partial charge in [-0.15, -0.1) is 0 Å². The molecule has 1 aromatic heterocycles. The largest absolute Gasteiger partial charge is 0.379 e. The van der Waals surface area contributed by atoms with Gasteiger partial charge in [0, 0.05) is 25.9 Å². The standard InChI is InChI=1S/C13H23N3O/c1-10(2)14-7-11-8-16(9-15-11)12-5-4-6-13(12)17-3/h8-10,12-14H,4-7H2,1-3H3. The molecule has 4 heteroatoms. The maximum atomic E-state index is 5.52. The Morgan fingerprint density at radius 1 is 1.53 bits per heavy atom. The van der Waals surface area contributed by atoms with Crippen LogP contribution in [0.15, 0.2) is 12.5 Å².